The minimum absolute atomic E-state index is 0.0228. The zero-order valence-electron chi connectivity index (χ0n) is 15.1. The molecule has 0 radical (unpaired) electrons. The fourth-order valence-electron chi connectivity index (χ4n) is 2.90. The lowest BCUT2D eigenvalue weighted by Crippen LogP contribution is -2.51. The van der Waals surface area contributed by atoms with Crippen LogP contribution in [0.1, 0.15) is 12.5 Å². The van der Waals surface area contributed by atoms with Crippen LogP contribution in [0.2, 0.25) is 0 Å². The van der Waals surface area contributed by atoms with E-state index in [0.717, 1.165) is 10.4 Å². The van der Waals surface area contributed by atoms with Crippen molar-refractivity contribution in [1.82, 2.24) is 15.2 Å². The van der Waals surface area contributed by atoms with Crippen molar-refractivity contribution < 1.29 is 22.4 Å². The Balaban J connectivity index is 1.91. The smallest absolute Gasteiger partial charge is 0.257 e. The van der Waals surface area contributed by atoms with Crippen molar-refractivity contribution >= 4 is 33.5 Å². The minimum Gasteiger partial charge on any atom is -0.369 e. The number of hydrogen-bond acceptors (Lipinski definition) is 7. The van der Waals surface area contributed by atoms with Crippen molar-refractivity contribution in [3.8, 4) is 0 Å². The summed E-state index contributed by atoms with van der Waals surface area (Å²) in [5, 5.41) is 2.58. The Morgan fingerprint density at radius 1 is 1.46 bits per heavy atom. The van der Waals surface area contributed by atoms with E-state index in [9.17, 15) is 22.4 Å². The standard InChI is InChI=1S/C16H19FN6O4S/c1-16(8-28(26,27)23(2)15(18)20-16)10-7-9(3-4-11(10)17)19-14(25)12-5-6-13(24)22-21-12/h3-7,12,21H,8H2,1-2H3,(H2,18,20)(H,19,25)(H,22,24)/t12?,16-/m0/s1. The quantitative estimate of drug-likeness (QED) is 0.509. The van der Waals surface area contributed by atoms with Gasteiger partial charge >= 0.3 is 0 Å². The van der Waals surface area contributed by atoms with Gasteiger partial charge in [-0.05, 0) is 25.1 Å². The van der Waals surface area contributed by atoms with Crippen LogP contribution in [-0.4, -0.2) is 49.3 Å². The number of carbonyl (C=O) groups excluding carboxylic acids is 2. The molecule has 0 spiro atoms. The summed E-state index contributed by atoms with van der Waals surface area (Å²) in [7, 11) is -2.51. The number of rotatable bonds is 3. The Morgan fingerprint density at radius 2 is 2.18 bits per heavy atom. The number of carbonyl (C=O) groups is 2. The Bertz CT molecular complexity index is 1010. The van der Waals surface area contributed by atoms with Gasteiger partial charge in [-0.25, -0.2) is 27.5 Å². The van der Waals surface area contributed by atoms with E-state index in [0.29, 0.717) is 0 Å². The average molecular weight is 410 g/mol. The van der Waals surface area contributed by atoms with E-state index >= 15 is 0 Å². The van der Waals surface area contributed by atoms with Crippen molar-refractivity contribution in [2.45, 2.75) is 18.5 Å². The third-order valence-electron chi connectivity index (χ3n) is 4.45. The van der Waals surface area contributed by atoms with E-state index in [1.165, 1.54) is 38.3 Å². The van der Waals surface area contributed by atoms with Gasteiger partial charge in [-0.3, -0.25) is 15.0 Å². The van der Waals surface area contributed by atoms with Gasteiger partial charge in [0.05, 0.1) is 5.75 Å². The fourth-order valence-corrected chi connectivity index (χ4v) is 4.35. The highest BCUT2D eigenvalue weighted by molar-refractivity contribution is 7.89. The molecule has 0 aliphatic carbocycles. The molecular formula is C16H19FN6O4S. The fraction of sp³-hybridized carbons (Fsp3) is 0.312. The van der Waals surface area contributed by atoms with Crippen LogP contribution in [0, 0.1) is 5.82 Å². The summed E-state index contributed by atoms with van der Waals surface area (Å²) >= 11 is 0. The SMILES string of the molecule is CN1C(N)=N[C@](C)(c2cc(NC(=O)C3C=CC(=O)NN3)ccc2F)CS1(=O)=O. The first-order valence-electron chi connectivity index (χ1n) is 8.18. The van der Waals surface area contributed by atoms with E-state index in [1.54, 1.807) is 0 Å². The molecule has 1 unspecified atom stereocenters. The summed E-state index contributed by atoms with van der Waals surface area (Å²) in [4.78, 5) is 27.5. The molecule has 0 saturated heterocycles. The highest BCUT2D eigenvalue weighted by Gasteiger charge is 2.41. The van der Waals surface area contributed by atoms with Gasteiger partial charge in [0.1, 0.15) is 17.4 Å². The second kappa shape index (κ2) is 6.87. The van der Waals surface area contributed by atoms with E-state index in [2.05, 4.69) is 21.2 Å². The van der Waals surface area contributed by atoms with Crippen LogP contribution in [0.25, 0.3) is 0 Å². The number of nitrogens with zero attached hydrogens (tertiary/aromatic N) is 2. The number of halogens is 1. The summed E-state index contributed by atoms with van der Waals surface area (Å²) in [6.45, 7) is 1.45. The lowest BCUT2D eigenvalue weighted by atomic mass is 9.93. The van der Waals surface area contributed by atoms with Crippen molar-refractivity contribution in [3.05, 3.63) is 41.7 Å². The molecular weight excluding hydrogens is 391 g/mol. The second-order valence-electron chi connectivity index (χ2n) is 6.62. The predicted octanol–water partition coefficient (Wildman–Crippen LogP) is -0.871. The Hall–Kier alpha value is -2.99. The predicted molar refractivity (Wildman–Crippen MR) is 99.8 cm³/mol. The van der Waals surface area contributed by atoms with Crippen LogP contribution in [0.4, 0.5) is 10.1 Å². The first-order chi connectivity index (χ1) is 13.0. The molecule has 28 heavy (non-hydrogen) atoms. The lowest BCUT2D eigenvalue weighted by Gasteiger charge is -2.34. The molecule has 2 aliphatic heterocycles. The molecule has 1 aromatic carbocycles. The zero-order chi connectivity index (χ0) is 20.7. The van der Waals surface area contributed by atoms with E-state index in [1.807, 2.05) is 0 Å². The molecule has 0 bridgehead atoms. The maximum absolute atomic E-state index is 14.5. The minimum atomic E-state index is -3.78. The van der Waals surface area contributed by atoms with E-state index in [-0.39, 0.29) is 23.1 Å². The maximum atomic E-state index is 14.5. The molecule has 2 amide bonds. The number of nitrogens with two attached hydrogens (primary N) is 1. The van der Waals surface area contributed by atoms with Crippen molar-refractivity contribution in [2.75, 3.05) is 18.1 Å². The van der Waals surface area contributed by atoms with Gasteiger partial charge in [0.25, 0.3) is 5.91 Å². The number of guanidine groups is 1. The molecule has 0 fully saturated rings. The monoisotopic (exact) mass is 410 g/mol. The van der Waals surface area contributed by atoms with E-state index in [4.69, 9.17) is 5.73 Å². The summed E-state index contributed by atoms with van der Waals surface area (Å²) < 4.78 is 40.0. The van der Waals surface area contributed by atoms with Crippen LogP contribution >= 0.6 is 0 Å². The van der Waals surface area contributed by atoms with Crippen LogP contribution in [0.3, 0.4) is 0 Å². The number of nitrogens with one attached hydrogen (secondary N) is 3. The van der Waals surface area contributed by atoms with Gasteiger partial charge in [-0.1, -0.05) is 6.08 Å². The van der Waals surface area contributed by atoms with Crippen LogP contribution in [0.5, 0.6) is 0 Å². The maximum Gasteiger partial charge on any atom is 0.257 e. The number of anilines is 1. The lowest BCUT2D eigenvalue weighted by molar-refractivity contribution is -0.120. The van der Waals surface area contributed by atoms with Gasteiger partial charge in [0.2, 0.25) is 21.9 Å². The summed E-state index contributed by atoms with van der Waals surface area (Å²) in [5.41, 5.74) is 9.26. The molecule has 3 rings (SSSR count). The van der Waals surface area contributed by atoms with Crippen LogP contribution in [-0.2, 0) is 25.2 Å². The molecule has 10 nitrogen and oxygen atoms in total. The topological polar surface area (TPSA) is 146 Å². The number of benzene rings is 1. The normalized spacial score (nSPS) is 26.4. The number of hydrogen-bond donors (Lipinski definition) is 4. The number of amides is 2. The summed E-state index contributed by atoms with van der Waals surface area (Å²) in [6, 6.07) is 2.94. The van der Waals surface area contributed by atoms with Crippen molar-refractivity contribution in [2.24, 2.45) is 10.7 Å². The Kier molecular flexibility index (Phi) is 4.85. The van der Waals surface area contributed by atoms with Crippen LogP contribution < -0.4 is 21.9 Å². The summed E-state index contributed by atoms with van der Waals surface area (Å²) in [6.07, 6.45) is 2.58. The summed E-state index contributed by atoms with van der Waals surface area (Å²) in [5.74, 6) is -2.31. The molecule has 12 heteroatoms. The largest absolute Gasteiger partial charge is 0.369 e. The highest BCUT2D eigenvalue weighted by atomic mass is 32.2. The third kappa shape index (κ3) is 3.68. The van der Waals surface area contributed by atoms with Crippen LogP contribution in [0.15, 0.2) is 35.3 Å². The van der Waals surface area contributed by atoms with Crippen molar-refractivity contribution in [1.29, 1.82) is 0 Å². The van der Waals surface area contributed by atoms with Crippen molar-refractivity contribution in [3.63, 3.8) is 0 Å². The molecule has 0 aromatic heterocycles. The third-order valence-corrected chi connectivity index (χ3v) is 6.40. The van der Waals surface area contributed by atoms with Gasteiger partial charge in [-0.15, -0.1) is 0 Å². The van der Waals surface area contributed by atoms with Gasteiger partial charge in [0, 0.05) is 24.4 Å². The molecule has 5 N–H and O–H groups in total. The molecule has 2 atom stereocenters. The van der Waals surface area contributed by atoms with Gasteiger partial charge < -0.3 is 11.1 Å². The average Bonchev–Trinajstić information content (AvgIpc) is 2.61. The first-order valence-corrected chi connectivity index (χ1v) is 9.79. The molecule has 1 aromatic rings. The second-order valence-corrected chi connectivity index (χ2v) is 8.62. The Labute approximate surface area is 160 Å². The van der Waals surface area contributed by atoms with Gasteiger partial charge in [-0.2, -0.15) is 0 Å². The molecule has 2 heterocycles. The molecule has 2 aliphatic rings. The number of sulfonamides is 1. The molecule has 0 saturated carbocycles. The van der Waals surface area contributed by atoms with Gasteiger partial charge in [0.15, 0.2) is 0 Å². The number of hydrazine groups is 1. The first kappa shape index (κ1) is 19.8. The molecule has 150 valence electrons. The zero-order valence-corrected chi connectivity index (χ0v) is 15.9. The van der Waals surface area contributed by atoms with E-state index < -0.39 is 39.1 Å². The Morgan fingerprint density at radius 3 is 2.79 bits per heavy atom. The highest BCUT2D eigenvalue weighted by Crippen LogP contribution is 2.34. The number of aliphatic imine (C=N–C) groups is 1.